The van der Waals surface area contributed by atoms with Crippen LogP contribution in [0.3, 0.4) is 0 Å². The summed E-state index contributed by atoms with van der Waals surface area (Å²) >= 11 is 0. The lowest BCUT2D eigenvalue weighted by molar-refractivity contribution is -0.0166. The van der Waals surface area contributed by atoms with Crippen molar-refractivity contribution in [1.82, 2.24) is 5.32 Å². The largest absolute Gasteiger partial charge is 0.373 e. The van der Waals surface area contributed by atoms with Gasteiger partial charge in [0.05, 0.1) is 17.1 Å². The van der Waals surface area contributed by atoms with E-state index >= 15 is 0 Å². The van der Waals surface area contributed by atoms with Gasteiger partial charge in [-0.15, -0.1) is 0 Å². The molecule has 0 aliphatic carbocycles. The fourth-order valence-corrected chi connectivity index (χ4v) is 2.49. The molecule has 1 aromatic rings. The maximum Gasteiger partial charge on any atom is 0.294 e. The van der Waals surface area contributed by atoms with Gasteiger partial charge in [0.15, 0.2) is 0 Å². The first-order valence-corrected chi connectivity index (χ1v) is 8.57. The molecule has 0 radical (unpaired) electrons. The van der Waals surface area contributed by atoms with Crippen LogP contribution in [0.4, 0.5) is 0 Å². The second-order valence-electron chi connectivity index (χ2n) is 5.61. The van der Waals surface area contributed by atoms with Crippen molar-refractivity contribution in [2.75, 3.05) is 13.1 Å². The molecule has 2 rings (SSSR count). The van der Waals surface area contributed by atoms with E-state index in [0.717, 1.165) is 18.7 Å². The van der Waals surface area contributed by atoms with Crippen LogP contribution in [-0.2, 0) is 14.9 Å². The Bertz CT molecular complexity index is 517. The normalized spacial score (nSPS) is 22.6. The van der Waals surface area contributed by atoms with Gasteiger partial charge in [-0.05, 0) is 37.5 Å². The maximum atomic E-state index is 10.7. The highest BCUT2D eigenvalue weighted by Crippen LogP contribution is 2.16. The second kappa shape index (κ2) is 7.89. The summed E-state index contributed by atoms with van der Waals surface area (Å²) in [5.74, 6) is 0.357. The SMILES string of the molecule is CC(C)c1ccc(S(=O)(=O)O)cc1.CC1CNCC(C)O1. The van der Waals surface area contributed by atoms with E-state index in [0.29, 0.717) is 18.1 Å². The van der Waals surface area contributed by atoms with Gasteiger partial charge in [0.1, 0.15) is 0 Å². The third kappa shape index (κ3) is 6.56. The summed E-state index contributed by atoms with van der Waals surface area (Å²) in [6.07, 6.45) is 0.803. The standard InChI is InChI=1S/C9H12O3S.C6H13NO/c1-7(2)8-3-5-9(6-4-8)13(10,11)12;1-5-3-7-4-6(2)8-5/h3-7H,1-2H3,(H,10,11,12);5-7H,3-4H2,1-2H3. The average molecular weight is 315 g/mol. The van der Waals surface area contributed by atoms with Gasteiger partial charge in [-0.25, -0.2) is 0 Å². The van der Waals surface area contributed by atoms with Crippen molar-refractivity contribution in [3.63, 3.8) is 0 Å². The van der Waals surface area contributed by atoms with Gasteiger partial charge in [-0.3, -0.25) is 4.55 Å². The lowest BCUT2D eigenvalue weighted by Crippen LogP contribution is -2.41. The van der Waals surface area contributed by atoms with Crippen LogP contribution in [0.5, 0.6) is 0 Å². The predicted octanol–water partition coefficient (Wildman–Crippen LogP) is 2.44. The molecule has 1 heterocycles. The Labute approximate surface area is 127 Å². The van der Waals surface area contributed by atoms with Crippen LogP contribution >= 0.6 is 0 Å². The molecule has 5 nitrogen and oxygen atoms in total. The number of hydrogen-bond acceptors (Lipinski definition) is 4. The average Bonchev–Trinajstić information content (AvgIpc) is 2.38. The van der Waals surface area contributed by atoms with Crippen LogP contribution in [-0.4, -0.2) is 38.3 Å². The Morgan fingerprint density at radius 2 is 1.62 bits per heavy atom. The molecule has 120 valence electrons. The van der Waals surface area contributed by atoms with Crippen molar-refractivity contribution in [2.24, 2.45) is 0 Å². The van der Waals surface area contributed by atoms with Crippen molar-refractivity contribution in [2.45, 2.75) is 50.7 Å². The van der Waals surface area contributed by atoms with E-state index in [1.807, 2.05) is 13.8 Å². The first-order valence-electron chi connectivity index (χ1n) is 7.13. The molecule has 6 heteroatoms. The number of rotatable bonds is 2. The summed E-state index contributed by atoms with van der Waals surface area (Å²) in [7, 11) is -4.05. The molecule has 2 unspecified atom stereocenters. The van der Waals surface area contributed by atoms with Crippen LogP contribution < -0.4 is 5.32 Å². The monoisotopic (exact) mass is 315 g/mol. The van der Waals surface area contributed by atoms with Crippen LogP contribution in [0.25, 0.3) is 0 Å². The highest BCUT2D eigenvalue weighted by atomic mass is 32.2. The molecule has 1 aliphatic rings. The molecule has 1 aromatic carbocycles. The van der Waals surface area contributed by atoms with Crippen LogP contribution in [0.2, 0.25) is 0 Å². The Balaban J connectivity index is 0.000000235. The lowest BCUT2D eigenvalue weighted by Gasteiger charge is -2.25. The highest BCUT2D eigenvalue weighted by Gasteiger charge is 2.12. The number of hydrogen-bond donors (Lipinski definition) is 2. The van der Waals surface area contributed by atoms with E-state index in [2.05, 4.69) is 19.2 Å². The molecule has 0 amide bonds. The molecular formula is C15H25NO4S. The Hall–Kier alpha value is -0.950. The van der Waals surface area contributed by atoms with Crippen LogP contribution in [0.1, 0.15) is 39.2 Å². The number of ether oxygens (including phenoxy) is 1. The van der Waals surface area contributed by atoms with Crippen molar-refractivity contribution >= 4 is 10.1 Å². The topological polar surface area (TPSA) is 75.6 Å². The quantitative estimate of drug-likeness (QED) is 0.820. The maximum absolute atomic E-state index is 10.7. The summed E-state index contributed by atoms with van der Waals surface area (Å²) in [5, 5.41) is 3.26. The van der Waals surface area contributed by atoms with E-state index in [-0.39, 0.29) is 4.90 Å². The molecule has 2 atom stereocenters. The Kier molecular flexibility index (Phi) is 6.80. The second-order valence-corrected chi connectivity index (χ2v) is 7.04. The van der Waals surface area contributed by atoms with E-state index in [1.165, 1.54) is 12.1 Å². The van der Waals surface area contributed by atoms with Gasteiger partial charge in [-0.1, -0.05) is 26.0 Å². The molecule has 0 spiro atoms. The van der Waals surface area contributed by atoms with Gasteiger partial charge >= 0.3 is 0 Å². The van der Waals surface area contributed by atoms with Crippen LogP contribution in [0.15, 0.2) is 29.2 Å². The number of morpholine rings is 1. The van der Waals surface area contributed by atoms with E-state index in [9.17, 15) is 8.42 Å². The molecule has 0 aromatic heterocycles. The minimum Gasteiger partial charge on any atom is -0.373 e. The minimum absolute atomic E-state index is 0.0584. The smallest absolute Gasteiger partial charge is 0.294 e. The first-order chi connectivity index (χ1) is 9.70. The molecule has 0 bridgehead atoms. The zero-order valence-corrected chi connectivity index (χ0v) is 13.9. The summed E-state index contributed by atoms with van der Waals surface area (Å²) in [5.41, 5.74) is 1.05. The van der Waals surface area contributed by atoms with Gasteiger partial charge in [-0.2, -0.15) is 8.42 Å². The Morgan fingerprint density at radius 1 is 1.14 bits per heavy atom. The van der Waals surface area contributed by atoms with Gasteiger partial charge in [0.2, 0.25) is 0 Å². The van der Waals surface area contributed by atoms with Crippen LogP contribution in [0, 0.1) is 0 Å². The summed E-state index contributed by atoms with van der Waals surface area (Å²) in [6.45, 7) is 10.2. The zero-order chi connectivity index (χ0) is 16.0. The third-order valence-electron chi connectivity index (χ3n) is 3.17. The molecule has 2 N–H and O–H groups in total. The van der Waals surface area contributed by atoms with E-state index in [4.69, 9.17) is 9.29 Å². The fraction of sp³-hybridized carbons (Fsp3) is 0.600. The van der Waals surface area contributed by atoms with Crippen molar-refractivity contribution in [3.05, 3.63) is 29.8 Å². The highest BCUT2D eigenvalue weighted by molar-refractivity contribution is 7.85. The molecule has 21 heavy (non-hydrogen) atoms. The van der Waals surface area contributed by atoms with Gasteiger partial charge in [0, 0.05) is 13.1 Å². The molecule has 1 aliphatic heterocycles. The van der Waals surface area contributed by atoms with Gasteiger partial charge < -0.3 is 10.1 Å². The molecule has 1 saturated heterocycles. The molecule has 0 saturated carbocycles. The minimum atomic E-state index is -4.05. The predicted molar refractivity (Wildman–Crippen MR) is 83.2 cm³/mol. The van der Waals surface area contributed by atoms with Crippen molar-refractivity contribution in [1.29, 1.82) is 0 Å². The first kappa shape index (κ1) is 18.1. The van der Waals surface area contributed by atoms with E-state index < -0.39 is 10.1 Å². The summed E-state index contributed by atoms with van der Waals surface area (Å²) < 4.78 is 35.5. The van der Waals surface area contributed by atoms with E-state index in [1.54, 1.807) is 12.1 Å². The zero-order valence-electron chi connectivity index (χ0n) is 13.0. The molecular weight excluding hydrogens is 290 g/mol. The summed E-state index contributed by atoms with van der Waals surface area (Å²) in [4.78, 5) is -0.0584. The fourth-order valence-electron chi connectivity index (χ4n) is 2.01. The molecule has 1 fully saturated rings. The van der Waals surface area contributed by atoms with Gasteiger partial charge in [0.25, 0.3) is 10.1 Å². The van der Waals surface area contributed by atoms with Crippen molar-refractivity contribution in [3.8, 4) is 0 Å². The number of nitrogens with one attached hydrogen (secondary N) is 1. The third-order valence-corrected chi connectivity index (χ3v) is 4.04. The summed E-state index contributed by atoms with van der Waals surface area (Å²) in [6, 6.07) is 6.22. The lowest BCUT2D eigenvalue weighted by atomic mass is 10.0. The Morgan fingerprint density at radius 3 is 1.90 bits per heavy atom. The number of benzene rings is 1. The van der Waals surface area contributed by atoms with Crippen molar-refractivity contribution < 1.29 is 17.7 Å².